The Balaban J connectivity index is 1.61. The van der Waals surface area contributed by atoms with E-state index in [1.165, 1.54) is 6.33 Å². The van der Waals surface area contributed by atoms with Crippen LogP contribution in [0.3, 0.4) is 0 Å². The molecule has 196 valence electrons. The van der Waals surface area contributed by atoms with E-state index in [1.807, 2.05) is 16.8 Å². The summed E-state index contributed by atoms with van der Waals surface area (Å²) in [5.74, 6) is 0. The minimum absolute atomic E-state index is 0.116. The van der Waals surface area contributed by atoms with Crippen LogP contribution in [0.5, 0.6) is 0 Å². The van der Waals surface area contributed by atoms with E-state index in [4.69, 9.17) is 21.3 Å². The average molecular weight is 551 g/mol. The van der Waals surface area contributed by atoms with Gasteiger partial charge in [-0.25, -0.2) is 19.7 Å². The molecule has 4 heterocycles. The van der Waals surface area contributed by atoms with Gasteiger partial charge in [-0.1, -0.05) is 63.3 Å². The second-order valence-electron chi connectivity index (χ2n) is 11.5. The second-order valence-corrected chi connectivity index (χ2v) is 18.5. The van der Waals surface area contributed by atoms with Crippen molar-refractivity contribution in [3.8, 4) is 10.7 Å². The number of hydrogen-bond donors (Lipinski definition) is 1. The third kappa shape index (κ3) is 5.85. The van der Waals surface area contributed by atoms with Crippen molar-refractivity contribution in [2.24, 2.45) is 5.41 Å². The summed E-state index contributed by atoms with van der Waals surface area (Å²) < 4.78 is 8.08. The first-order valence-corrected chi connectivity index (χ1v) is 17.0. The maximum Gasteiger partial charge on any atom is 0.407 e. The van der Waals surface area contributed by atoms with Gasteiger partial charge in [-0.15, -0.1) is 0 Å². The number of rotatable bonds is 7. The van der Waals surface area contributed by atoms with Crippen molar-refractivity contribution in [3.05, 3.63) is 23.7 Å². The number of fused-ring (bicyclic) bond motifs is 1. The van der Waals surface area contributed by atoms with E-state index in [9.17, 15) is 9.90 Å². The van der Waals surface area contributed by atoms with Crippen LogP contribution in [0.1, 0.15) is 20.8 Å². The summed E-state index contributed by atoms with van der Waals surface area (Å²) >= 11 is 7.98. The Morgan fingerprint density at radius 2 is 2.00 bits per heavy atom. The van der Waals surface area contributed by atoms with E-state index in [1.54, 1.807) is 16.2 Å². The van der Waals surface area contributed by atoms with Crippen molar-refractivity contribution in [1.29, 1.82) is 0 Å². The van der Waals surface area contributed by atoms with Gasteiger partial charge < -0.3 is 19.6 Å². The lowest BCUT2D eigenvalue weighted by atomic mass is 9.84. The zero-order chi connectivity index (χ0) is 26.3. The summed E-state index contributed by atoms with van der Waals surface area (Å²) in [7, 11) is -1.20. The highest BCUT2D eigenvalue weighted by molar-refractivity contribution is 7.18. The number of aromatic nitrogens is 4. The third-order valence-electron chi connectivity index (χ3n) is 6.51. The van der Waals surface area contributed by atoms with Crippen LogP contribution in [0.2, 0.25) is 30.8 Å². The lowest BCUT2D eigenvalue weighted by Gasteiger charge is -2.46. The van der Waals surface area contributed by atoms with Crippen LogP contribution < -0.4 is 4.90 Å². The van der Waals surface area contributed by atoms with Crippen LogP contribution >= 0.6 is 22.9 Å². The molecule has 1 N–H and O–H groups in total. The second kappa shape index (κ2) is 10.3. The Hall–Kier alpha value is -2.21. The highest BCUT2D eigenvalue weighted by Crippen LogP contribution is 2.37. The standard InChI is InChI=1S/C24H35ClN6O3SSi/c1-24(2,3)18-13-29(7-8-30(18)23(32)33)19-12-26-22(35-19)17-11-16-20(25)27-14-28-21(16)31(17)15-34-9-10-36(4,5)6/h11-12,14,18H,7-10,13,15H2,1-6H3,(H,32,33). The first-order chi connectivity index (χ1) is 16.8. The Morgan fingerprint density at radius 1 is 1.25 bits per heavy atom. The van der Waals surface area contributed by atoms with Gasteiger partial charge in [-0.05, 0) is 17.5 Å². The topological polar surface area (TPSA) is 96.6 Å². The molecule has 1 fully saturated rings. The number of amides is 1. The number of thiazole rings is 1. The summed E-state index contributed by atoms with van der Waals surface area (Å²) in [6.45, 7) is 16.0. The lowest BCUT2D eigenvalue weighted by molar-refractivity contribution is 0.0750. The molecule has 0 saturated carbocycles. The van der Waals surface area contributed by atoms with Gasteiger partial charge in [-0.2, -0.15) is 0 Å². The fourth-order valence-corrected chi connectivity index (χ4v) is 6.28. The minimum Gasteiger partial charge on any atom is -0.465 e. The maximum absolute atomic E-state index is 11.8. The number of halogens is 1. The number of nitrogens with zero attached hydrogens (tertiary/aromatic N) is 6. The van der Waals surface area contributed by atoms with Gasteiger partial charge in [0.15, 0.2) is 0 Å². The fraction of sp³-hybridized carbons (Fsp3) is 0.583. The van der Waals surface area contributed by atoms with Crippen molar-refractivity contribution in [2.75, 3.05) is 31.1 Å². The molecule has 1 unspecified atom stereocenters. The molecule has 1 amide bonds. The minimum atomic E-state index is -1.20. The Kier molecular flexibility index (Phi) is 7.66. The molecule has 36 heavy (non-hydrogen) atoms. The van der Waals surface area contributed by atoms with E-state index in [0.717, 1.165) is 32.8 Å². The molecule has 1 aliphatic heterocycles. The molecule has 12 heteroatoms. The van der Waals surface area contributed by atoms with E-state index in [-0.39, 0.29) is 11.5 Å². The number of ether oxygens (including phenoxy) is 1. The molecule has 0 spiro atoms. The molecular formula is C24H35ClN6O3SSi. The van der Waals surface area contributed by atoms with Gasteiger partial charge in [-0.3, -0.25) is 4.57 Å². The van der Waals surface area contributed by atoms with Crippen LogP contribution in [-0.2, 0) is 11.5 Å². The molecule has 4 rings (SSSR count). The van der Waals surface area contributed by atoms with Crippen LogP contribution in [-0.4, -0.2) is 76.0 Å². The normalized spacial score (nSPS) is 17.2. The lowest BCUT2D eigenvalue weighted by Crippen LogP contribution is -2.59. The average Bonchev–Trinajstić information content (AvgIpc) is 3.41. The molecular weight excluding hydrogens is 516 g/mol. The van der Waals surface area contributed by atoms with Gasteiger partial charge in [0.2, 0.25) is 0 Å². The summed E-state index contributed by atoms with van der Waals surface area (Å²) in [4.78, 5) is 29.0. The summed E-state index contributed by atoms with van der Waals surface area (Å²) in [5.41, 5.74) is 1.42. The third-order valence-corrected chi connectivity index (χ3v) is 9.59. The van der Waals surface area contributed by atoms with E-state index in [0.29, 0.717) is 38.1 Å². The highest BCUT2D eigenvalue weighted by atomic mass is 35.5. The van der Waals surface area contributed by atoms with E-state index in [2.05, 4.69) is 55.3 Å². The molecule has 3 aromatic rings. The Bertz CT molecular complexity index is 1230. The highest BCUT2D eigenvalue weighted by Gasteiger charge is 2.38. The number of piperazine rings is 1. The number of carboxylic acid groups (broad SMARTS) is 1. The van der Waals surface area contributed by atoms with Crippen molar-refractivity contribution in [2.45, 2.75) is 59.2 Å². The van der Waals surface area contributed by atoms with Gasteiger partial charge in [0.1, 0.15) is 33.9 Å². The quantitative estimate of drug-likeness (QED) is 0.228. The summed E-state index contributed by atoms with van der Waals surface area (Å²) in [6.07, 6.45) is 2.48. The molecule has 1 atom stereocenters. The van der Waals surface area contributed by atoms with Gasteiger partial charge in [0.25, 0.3) is 0 Å². The van der Waals surface area contributed by atoms with Crippen LogP contribution in [0.25, 0.3) is 21.7 Å². The molecule has 0 bridgehead atoms. The number of anilines is 1. The van der Waals surface area contributed by atoms with E-state index < -0.39 is 14.2 Å². The molecule has 0 aromatic carbocycles. The molecule has 0 aliphatic carbocycles. The monoisotopic (exact) mass is 550 g/mol. The van der Waals surface area contributed by atoms with Crippen molar-refractivity contribution in [3.63, 3.8) is 0 Å². The van der Waals surface area contributed by atoms with E-state index >= 15 is 0 Å². The smallest absolute Gasteiger partial charge is 0.407 e. The van der Waals surface area contributed by atoms with Gasteiger partial charge in [0, 0.05) is 34.3 Å². The zero-order valence-electron chi connectivity index (χ0n) is 21.8. The van der Waals surface area contributed by atoms with Crippen molar-refractivity contribution >= 4 is 53.1 Å². The molecule has 0 radical (unpaired) electrons. The zero-order valence-corrected chi connectivity index (χ0v) is 24.4. The predicted octanol–water partition coefficient (Wildman–Crippen LogP) is 5.74. The van der Waals surface area contributed by atoms with Crippen LogP contribution in [0, 0.1) is 5.41 Å². The Labute approximate surface area is 222 Å². The molecule has 1 saturated heterocycles. The SMILES string of the molecule is CC(C)(C)C1CN(c2cnc(-c3cc4c(Cl)ncnc4n3COCC[Si](C)(C)C)s2)CCN1C(=O)O. The molecule has 1 aliphatic rings. The maximum atomic E-state index is 11.8. The number of carbonyl (C=O) groups is 1. The fourth-order valence-electron chi connectivity index (χ4n) is 4.36. The summed E-state index contributed by atoms with van der Waals surface area (Å²) in [5, 5.41) is 12.7. The van der Waals surface area contributed by atoms with Gasteiger partial charge >= 0.3 is 6.09 Å². The number of hydrogen-bond acceptors (Lipinski definition) is 7. The first kappa shape index (κ1) is 26.8. The summed E-state index contributed by atoms with van der Waals surface area (Å²) in [6, 6.07) is 2.94. The molecule has 9 nitrogen and oxygen atoms in total. The van der Waals surface area contributed by atoms with Crippen LogP contribution in [0.4, 0.5) is 9.80 Å². The predicted molar refractivity (Wildman–Crippen MR) is 148 cm³/mol. The largest absolute Gasteiger partial charge is 0.465 e. The molecule has 3 aromatic heterocycles. The first-order valence-electron chi connectivity index (χ1n) is 12.1. The Morgan fingerprint density at radius 3 is 2.67 bits per heavy atom. The van der Waals surface area contributed by atoms with Crippen molar-refractivity contribution in [1.82, 2.24) is 24.4 Å². The van der Waals surface area contributed by atoms with Crippen molar-refractivity contribution < 1.29 is 14.6 Å². The van der Waals surface area contributed by atoms with Crippen LogP contribution in [0.15, 0.2) is 18.6 Å². The van der Waals surface area contributed by atoms with Gasteiger partial charge in [0.05, 0.1) is 23.3 Å².